The van der Waals surface area contributed by atoms with E-state index in [2.05, 4.69) is 52.6 Å². The molecule has 0 aliphatic carbocycles. The first-order chi connectivity index (χ1) is 9.76. The second-order valence-electron chi connectivity index (χ2n) is 5.03. The average Bonchev–Trinajstić information content (AvgIpc) is 2.89. The van der Waals surface area contributed by atoms with Crippen LogP contribution in [0, 0.1) is 0 Å². The molecule has 0 saturated carbocycles. The highest BCUT2D eigenvalue weighted by Gasteiger charge is 2.11. The number of nitrogens with zero attached hydrogens (tertiary/aromatic N) is 2. The molecule has 2 aromatic rings. The van der Waals surface area contributed by atoms with Crippen molar-refractivity contribution in [2.45, 2.75) is 6.54 Å². The number of hydrogen-bond acceptors (Lipinski definition) is 4. The molecule has 1 heterocycles. The molecule has 0 saturated heterocycles. The fraction of sp³-hybridized carbons (Fsp3) is 0.312. The van der Waals surface area contributed by atoms with Crippen molar-refractivity contribution in [3.63, 3.8) is 0 Å². The Balaban J connectivity index is 1.76. The Morgan fingerprint density at radius 3 is 2.75 bits per heavy atom. The predicted octanol–water partition coefficient (Wildman–Crippen LogP) is 2.24. The molecule has 3 rings (SSSR count). The first-order valence-corrected chi connectivity index (χ1v) is 6.82. The Bertz CT molecular complexity index is 651. The largest absolute Gasteiger partial charge is 0.497 e. The van der Waals surface area contributed by atoms with Gasteiger partial charge in [-0.1, -0.05) is 18.2 Å². The van der Waals surface area contributed by atoms with Crippen molar-refractivity contribution >= 4 is 16.7 Å². The van der Waals surface area contributed by atoms with Crippen LogP contribution in [0.15, 0.2) is 41.4 Å². The van der Waals surface area contributed by atoms with Crippen molar-refractivity contribution in [3.8, 4) is 5.75 Å². The van der Waals surface area contributed by atoms with Crippen LogP contribution in [0.1, 0.15) is 5.56 Å². The van der Waals surface area contributed by atoms with E-state index in [1.54, 1.807) is 7.11 Å². The maximum Gasteiger partial charge on any atom is 0.194 e. The molecule has 1 aliphatic heterocycles. The van der Waals surface area contributed by atoms with Gasteiger partial charge in [0.25, 0.3) is 0 Å². The summed E-state index contributed by atoms with van der Waals surface area (Å²) in [6.45, 7) is 2.68. The predicted molar refractivity (Wildman–Crippen MR) is 82.3 cm³/mol. The highest BCUT2D eigenvalue weighted by atomic mass is 16.5. The molecule has 0 atom stereocenters. The third-order valence-corrected chi connectivity index (χ3v) is 3.62. The Morgan fingerprint density at radius 2 is 2.00 bits per heavy atom. The van der Waals surface area contributed by atoms with Crippen molar-refractivity contribution < 1.29 is 4.74 Å². The summed E-state index contributed by atoms with van der Waals surface area (Å²) in [5, 5.41) is 5.81. The summed E-state index contributed by atoms with van der Waals surface area (Å²) >= 11 is 0. The number of rotatable bonds is 3. The van der Waals surface area contributed by atoms with Crippen molar-refractivity contribution in [2.75, 3.05) is 27.2 Å². The van der Waals surface area contributed by atoms with Gasteiger partial charge in [-0.3, -0.25) is 4.99 Å². The molecular formula is C16H19N3O. The maximum atomic E-state index is 5.25. The molecule has 2 aromatic carbocycles. The molecule has 0 amide bonds. The third kappa shape index (κ3) is 2.54. The quantitative estimate of drug-likeness (QED) is 0.928. The molecule has 4 nitrogen and oxygen atoms in total. The summed E-state index contributed by atoms with van der Waals surface area (Å²) in [5.41, 5.74) is 1.26. The van der Waals surface area contributed by atoms with E-state index in [-0.39, 0.29) is 0 Å². The minimum atomic E-state index is 0.797. The summed E-state index contributed by atoms with van der Waals surface area (Å²) in [4.78, 5) is 6.58. The van der Waals surface area contributed by atoms with E-state index in [1.165, 1.54) is 16.3 Å². The molecule has 0 bridgehead atoms. The molecule has 0 aromatic heterocycles. The first-order valence-electron chi connectivity index (χ1n) is 6.82. The van der Waals surface area contributed by atoms with Gasteiger partial charge in [0, 0.05) is 20.1 Å². The normalized spacial score (nSPS) is 14.5. The number of hydrogen-bond donors (Lipinski definition) is 1. The van der Waals surface area contributed by atoms with Crippen LogP contribution < -0.4 is 10.1 Å². The molecule has 0 unspecified atom stereocenters. The van der Waals surface area contributed by atoms with Crippen LogP contribution in [0.3, 0.4) is 0 Å². The van der Waals surface area contributed by atoms with Gasteiger partial charge in [0.05, 0.1) is 13.7 Å². The number of guanidine groups is 1. The Hall–Kier alpha value is -2.23. The van der Waals surface area contributed by atoms with Crippen molar-refractivity contribution in [3.05, 3.63) is 42.0 Å². The van der Waals surface area contributed by atoms with E-state index >= 15 is 0 Å². The van der Waals surface area contributed by atoms with Gasteiger partial charge in [-0.05, 0) is 34.5 Å². The minimum absolute atomic E-state index is 0.797. The third-order valence-electron chi connectivity index (χ3n) is 3.62. The zero-order valence-corrected chi connectivity index (χ0v) is 11.9. The second kappa shape index (κ2) is 5.41. The van der Waals surface area contributed by atoms with Crippen LogP contribution >= 0.6 is 0 Å². The summed E-state index contributed by atoms with van der Waals surface area (Å²) in [6.07, 6.45) is 0. The van der Waals surface area contributed by atoms with E-state index in [4.69, 9.17) is 4.74 Å². The zero-order chi connectivity index (χ0) is 13.9. The SMILES string of the molecule is COc1ccc2cc(CNC3=NCCN3C)ccc2c1. The van der Waals surface area contributed by atoms with Crippen molar-refractivity contribution in [1.29, 1.82) is 0 Å². The molecule has 1 aliphatic rings. The summed E-state index contributed by atoms with van der Waals surface area (Å²) in [6, 6.07) is 12.6. The van der Waals surface area contributed by atoms with Crippen LogP contribution in [0.5, 0.6) is 5.75 Å². The molecule has 0 spiro atoms. The molecule has 0 fully saturated rings. The summed E-state index contributed by atoms with van der Waals surface area (Å²) < 4.78 is 5.25. The second-order valence-corrected chi connectivity index (χ2v) is 5.03. The number of nitrogens with one attached hydrogen (secondary N) is 1. The van der Waals surface area contributed by atoms with Gasteiger partial charge < -0.3 is 15.0 Å². The molecule has 104 valence electrons. The maximum absolute atomic E-state index is 5.25. The van der Waals surface area contributed by atoms with Crippen LogP contribution in [-0.2, 0) is 6.54 Å². The van der Waals surface area contributed by atoms with Gasteiger partial charge >= 0.3 is 0 Å². The van der Waals surface area contributed by atoms with Crippen LogP contribution in [0.2, 0.25) is 0 Å². The van der Waals surface area contributed by atoms with Crippen molar-refractivity contribution in [1.82, 2.24) is 10.2 Å². The summed E-state index contributed by atoms with van der Waals surface area (Å²) in [5.74, 6) is 1.88. The molecule has 4 heteroatoms. The first kappa shape index (κ1) is 12.8. The number of aliphatic imine (C=N–C) groups is 1. The Morgan fingerprint density at radius 1 is 1.20 bits per heavy atom. The lowest BCUT2D eigenvalue weighted by atomic mass is 10.1. The smallest absolute Gasteiger partial charge is 0.194 e. The van der Waals surface area contributed by atoms with Crippen LogP contribution in [0.4, 0.5) is 0 Å². The fourth-order valence-corrected chi connectivity index (χ4v) is 2.41. The highest BCUT2D eigenvalue weighted by Crippen LogP contribution is 2.21. The summed E-state index contributed by atoms with van der Waals surface area (Å²) in [7, 11) is 3.75. The highest BCUT2D eigenvalue weighted by molar-refractivity contribution is 5.85. The van der Waals surface area contributed by atoms with E-state index < -0.39 is 0 Å². The van der Waals surface area contributed by atoms with Gasteiger partial charge in [0.1, 0.15) is 5.75 Å². The van der Waals surface area contributed by atoms with Gasteiger partial charge in [-0.2, -0.15) is 0 Å². The van der Waals surface area contributed by atoms with E-state index in [0.29, 0.717) is 0 Å². The average molecular weight is 269 g/mol. The van der Waals surface area contributed by atoms with E-state index in [9.17, 15) is 0 Å². The number of methoxy groups -OCH3 is 1. The van der Waals surface area contributed by atoms with Gasteiger partial charge in [0.2, 0.25) is 0 Å². The fourth-order valence-electron chi connectivity index (χ4n) is 2.41. The van der Waals surface area contributed by atoms with Crippen LogP contribution in [0.25, 0.3) is 10.8 Å². The standard InChI is InChI=1S/C16H19N3O/c1-19-8-7-17-16(19)18-11-12-3-4-14-10-15(20-2)6-5-13(14)9-12/h3-6,9-10H,7-8,11H2,1-2H3,(H,17,18). The molecule has 20 heavy (non-hydrogen) atoms. The lowest BCUT2D eigenvalue weighted by Gasteiger charge is -2.15. The lowest BCUT2D eigenvalue weighted by molar-refractivity contribution is 0.415. The number of likely N-dealkylation sites (N-methyl/N-ethyl adjacent to an activating group) is 1. The zero-order valence-electron chi connectivity index (χ0n) is 11.9. The van der Waals surface area contributed by atoms with E-state index in [1.807, 2.05) is 6.07 Å². The van der Waals surface area contributed by atoms with E-state index in [0.717, 1.165) is 31.3 Å². The van der Waals surface area contributed by atoms with Gasteiger partial charge in [-0.25, -0.2) is 0 Å². The monoisotopic (exact) mass is 269 g/mol. The number of benzene rings is 2. The number of ether oxygens (including phenoxy) is 1. The topological polar surface area (TPSA) is 36.9 Å². The molecule has 1 N–H and O–H groups in total. The molecule has 0 radical (unpaired) electrons. The van der Waals surface area contributed by atoms with Gasteiger partial charge in [0.15, 0.2) is 5.96 Å². The van der Waals surface area contributed by atoms with Gasteiger partial charge in [-0.15, -0.1) is 0 Å². The van der Waals surface area contributed by atoms with Crippen LogP contribution in [-0.4, -0.2) is 38.1 Å². The molecular weight excluding hydrogens is 250 g/mol. The number of fused-ring (bicyclic) bond motifs is 1. The Kier molecular flexibility index (Phi) is 3.46. The Labute approximate surface area is 119 Å². The van der Waals surface area contributed by atoms with Crippen molar-refractivity contribution in [2.24, 2.45) is 4.99 Å². The minimum Gasteiger partial charge on any atom is -0.497 e. The lowest BCUT2D eigenvalue weighted by Crippen LogP contribution is -2.35.